The summed E-state index contributed by atoms with van der Waals surface area (Å²) in [4.78, 5) is 38.1. The Kier molecular flexibility index (Phi) is 8.63. The molecule has 37 heavy (non-hydrogen) atoms. The molecule has 0 spiro atoms. The van der Waals surface area contributed by atoms with Gasteiger partial charge in [0.1, 0.15) is 18.8 Å². The van der Waals surface area contributed by atoms with Crippen molar-refractivity contribution in [1.29, 1.82) is 0 Å². The zero-order valence-corrected chi connectivity index (χ0v) is 20.0. The second kappa shape index (κ2) is 12.3. The van der Waals surface area contributed by atoms with E-state index in [0.29, 0.717) is 5.56 Å². The van der Waals surface area contributed by atoms with Crippen molar-refractivity contribution in [1.82, 2.24) is 0 Å². The SMILES string of the molecule is CO[C@H]1O[C@H](COC(=O)c2ccccc2)[C@@H](O)[C@H](OC(=O)c2ccccc2)[C@H]1OC(=O)c1ccccc1. The van der Waals surface area contributed by atoms with Crippen molar-refractivity contribution in [3.63, 3.8) is 0 Å². The summed E-state index contributed by atoms with van der Waals surface area (Å²) in [6.07, 6.45) is -6.60. The van der Waals surface area contributed by atoms with Crippen molar-refractivity contribution in [2.45, 2.75) is 30.7 Å². The van der Waals surface area contributed by atoms with Gasteiger partial charge in [0.15, 0.2) is 18.5 Å². The molecule has 0 aromatic heterocycles. The van der Waals surface area contributed by atoms with E-state index in [9.17, 15) is 19.5 Å². The Morgan fingerprint density at radius 3 is 1.59 bits per heavy atom. The van der Waals surface area contributed by atoms with Crippen LogP contribution in [-0.4, -0.2) is 67.4 Å². The largest absolute Gasteiger partial charge is 0.459 e. The van der Waals surface area contributed by atoms with E-state index in [1.54, 1.807) is 91.0 Å². The molecule has 0 bridgehead atoms. The third kappa shape index (κ3) is 6.39. The predicted molar refractivity (Wildman–Crippen MR) is 130 cm³/mol. The van der Waals surface area contributed by atoms with Crippen LogP contribution in [-0.2, 0) is 23.7 Å². The van der Waals surface area contributed by atoms with Gasteiger partial charge in [0.25, 0.3) is 0 Å². The van der Waals surface area contributed by atoms with Gasteiger partial charge < -0.3 is 28.8 Å². The summed E-state index contributed by atoms with van der Waals surface area (Å²) >= 11 is 0. The van der Waals surface area contributed by atoms with Crippen LogP contribution in [0.2, 0.25) is 0 Å². The molecule has 5 atom stereocenters. The summed E-state index contributed by atoms with van der Waals surface area (Å²) in [6.45, 7) is -0.368. The Bertz CT molecular complexity index is 1180. The Morgan fingerprint density at radius 1 is 0.703 bits per heavy atom. The zero-order chi connectivity index (χ0) is 26.2. The Hall–Kier alpha value is -4.05. The van der Waals surface area contributed by atoms with Gasteiger partial charge in [0.05, 0.1) is 16.7 Å². The number of esters is 3. The van der Waals surface area contributed by atoms with Gasteiger partial charge >= 0.3 is 17.9 Å². The lowest BCUT2D eigenvalue weighted by Gasteiger charge is -2.42. The molecule has 1 fully saturated rings. The van der Waals surface area contributed by atoms with Gasteiger partial charge in [-0.2, -0.15) is 0 Å². The topological polar surface area (TPSA) is 118 Å². The van der Waals surface area contributed by atoms with Gasteiger partial charge in [-0.25, -0.2) is 14.4 Å². The second-order valence-corrected chi connectivity index (χ2v) is 8.21. The van der Waals surface area contributed by atoms with E-state index >= 15 is 0 Å². The number of aliphatic hydroxyl groups is 1. The maximum Gasteiger partial charge on any atom is 0.338 e. The molecular weight excluding hydrogens is 480 g/mol. The molecule has 9 heteroatoms. The molecule has 192 valence electrons. The lowest BCUT2D eigenvalue weighted by atomic mass is 9.98. The van der Waals surface area contributed by atoms with Crippen LogP contribution in [0.5, 0.6) is 0 Å². The Morgan fingerprint density at radius 2 is 1.14 bits per heavy atom. The summed E-state index contributed by atoms with van der Waals surface area (Å²) < 4.78 is 27.7. The molecule has 1 heterocycles. The van der Waals surface area contributed by atoms with E-state index in [2.05, 4.69) is 0 Å². The first-order valence-electron chi connectivity index (χ1n) is 11.6. The van der Waals surface area contributed by atoms with Crippen molar-refractivity contribution in [2.75, 3.05) is 13.7 Å². The zero-order valence-electron chi connectivity index (χ0n) is 20.0. The van der Waals surface area contributed by atoms with Crippen LogP contribution >= 0.6 is 0 Å². The number of carbonyl (C=O) groups is 3. The van der Waals surface area contributed by atoms with Gasteiger partial charge in [-0.1, -0.05) is 54.6 Å². The van der Waals surface area contributed by atoms with Crippen LogP contribution < -0.4 is 0 Å². The first-order valence-corrected chi connectivity index (χ1v) is 11.6. The monoisotopic (exact) mass is 506 g/mol. The number of rotatable bonds is 8. The van der Waals surface area contributed by atoms with E-state index in [0.717, 1.165) is 0 Å². The maximum absolute atomic E-state index is 12.9. The van der Waals surface area contributed by atoms with Gasteiger partial charge in [0.2, 0.25) is 0 Å². The summed E-state index contributed by atoms with van der Waals surface area (Å²) in [5.74, 6) is -2.10. The normalized spacial score (nSPS) is 23.0. The molecule has 1 aliphatic heterocycles. The van der Waals surface area contributed by atoms with Gasteiger partial charge in [0, 0.05) is 7.11 Å². The molecule has 0 amide bonds. The lowest BCUT2D eigenvalue weighted by Crippen LogP contribution is -2.61. The minimum Gasteiger partial charge on any atom is -0.459 e. The summed E-state index contributed by atoms with van der Waals surface area (Å²) in [7, 11) is 1.31. The molecule has 0 aliphatic carbocycles. The van der Waals surface area contributed by atoms with Crippen LogP contribution in [0.25, 0.3) is 0 Å². The molecule has 9 nitrogen and oxygen atoms in total. The van der Waals surface area contributed by atoms with Crippen LogP contribution in [0, 0.1) is 0 Å². The summed E-state index contributed by atoms with van der Waals surface area (Å²) in [5.41, 5.74) is 0.798. The standard InChI is InChI=1S/C28H26O9/c1-33-28-24(37-27(32)20-15-9-4-10-16-20)23(36-26(31)19-13-7-3-8-14-19)22(29)21(35-28)17-34-25(30)18-11-5-2-6-12-18/h2-16,21-24,28-29H,17H2,1H3/t21-,22-,23+,24-,28+/m1/s1. The number of carbonyl (C=O) groups excluding carboxylic acids is 3. The third-order valence-corrected chi connectivity index (χ3v) is 5.74. The minimum atomic E-state index is -1.52. The molecular formula is C28H26O9. The van der Waals surface area contributed by atoms with Crippen LogP contribution in [0.3, 0.4) is 0 Å². The highest BCUT2D eigenvalue weighted by Crippen LogP contribution is 2.28. The smallest absolute Gasteiger partial charge is 0.338 e. The Labute approximate surface area is 213 Å². The van der Waals surface area contributed by atoms with E-state index in [1.807, 2.05) is 0 Å². The fraction of sp³-hybridized carbons (Fsp3) is 0.250. The second-order valence-electron chi connectivity index (χ2n) is 8.21. The third-order valence-electron chi connectivity index (χ3n) is 5.74. The molecule has 3 aromatic carbocycles. The van der Waals surface area contributed by atoms with Crippen molar-refractivity contribution in [3.8, 4) is 0 Å². The average Bonchev–Trinajstić information content (AvgIpc) is 2.95. The molecule has 1 aliphatic rings. The maximum atomic E-state index is 12.9. The van der Waals surface area contributed by atoms with E-state index in [-0.39, 0.29) is 17.7 Å². The fourth-order valence-electron chi connectivity index (χ4n) is 3.83. The van der Waals surface area contributed by atoms with Gasteiger partial charge in [-0.3, -0.25) is 0 Å². The molecule has 1 saturated heterocycles. The molecule has 1 N–H and O–H groups in total. The van der Waals surface area contributed by atoms with Gasteiger partial charge in [-0.15, -0.1) is 0 Å². The quantitative estimate of drug-likeness (QED) is 0.363. The highest BCUT2D eigenvalue weighted by atomic mass is 16.7. The number of aliphatic hydroxyl groups excluding tert-OH is 1. The van der Waals surface area contributed by atoms with Crippen molar-refractivity contribution in [3.05, 3.63) is 108 Å². The molecule has 0 radical (unpaired) electrons. The molecule has 0 unspecified atom stereocenters. The lowest BCUT2D eigenvalue weighted by molar-refractivity contribution is -0.292. The number of hydrogen-bond donors (Lipinski definition) is 1. The fourth-order valence-corrected chi connectivity index (χ4v) is 3.83. The molecule has 4 rings (SSSR count). The highest BCUT2D eigenvalue weighted by Gasteiger charge is 2.50. The number of benzene rings is 3. The number of hydrogen-bond acceptors (Lipinski definition) is 9. The first kappa shape index (κ1) is 26.0. The van der Waals surface area contributed by atoms with E-state index in [1.165, 1.54) is 7.11 Å². The van der Waals surface area contributed by atoms with Crippen LogP contribution in [0.1, 0.15) is 31.1 Å². The van der Waals surface area contributed by atoms with Gasteiger partial charge in [-0.05, 0) is 36.4 Å². The molecule has 3 aromatic rings. The van der Waals surface area contributed by atoms with Crippen molar-refractivity contribution >= 4 is 17.9 Å². The highest BCUT2D eigenvalue weighted by molar-refractivity contribution is 5.90. The van der Waals surface area contributed by atoms with Crippen LogP contribution in [0.4, 0.5) is 0 Å². The summed E-state index contributed by atoms with van der Waals surface area (Å²) in [6, 6.07) is 24.7. The van der Waals surface area contributed by atoms with E-state index < -0.39 is 48.6 Å². The van der Waals surface area contributed by atoms with Crippen molar-refractivity contribution < 1.29 is 43.2 Å². The Balaban J connectivity index is 1.55. The summed E-state index contributed by atoms with van der Waals surface area (Å²) in [5, 5.41) is 11.1. The number of ether oxygens (including phenoxy) is 5. The predicted octanol–water partition coefficient (Wildman–Crippen LogP) is 3.03. The van der Waals surface area contributed by atoms with Crippen molar-refractivity contribution in [2.24, 2.45) is 0 Å². The van der Waals surface area contributed by atoms with Crippen LogP contribution in [0.15, 0.2) is 91.0 Å². The number of methoxy groups -OCH3 is 1. The molecule has 0 saturated carbocycles. The minimum absolute atomic E-state index is 0.232. The van der Waals surface area contributed by atoms with E-state index in [4.69, 9.17) is 23.7 Å². The first-order chi connectivity index (χ1) is 18.0. The average molecular weight is 507 g/mol.